The van der Waals surface area contributed by atoms with Crippen LogP contribution in [-0.4, -0.2) is 31.7 Å². The summed E-state index contributed by atoms with van der Waals surface area (Å²) in [6, 6.07) is 4.02. The van der Waals surface area contributed by atoms with Gasteiger partial charge in [0.05, 0.1) is 0 Å². The minimum absolute atomic E-state index is 0.800. The summed E-state index contributed by atoms with van der Waals surface area (Å²) >= 11 is 1.60. The Kier molecular flexibility index (Phi) is 4.52. The van der Waals surface area contributed by atoms with E-state index in [2.05, 4.69) is 38.8 Å². The van der Waals surface area contributed by atoms with Crippen LogP contribution in [-0.2, 0) is 12.8 Å². The van der Waals surface area contributed by atoms with Gasteiger partial charge in [-0.3, -0.25) is 0 Å². The average molecular weight is 264 g/mol. The lowest BCUT2D eigenvalue weighted by atomic mass is 10.3. The molecule has 96 valence electrons. The maximum Gasteiger partial charge on any atom is 0.209 e. The van der Waals surface area contributed by atoms with Gasteiger partial charge in [0.1, 0.15) is 5.82 Å². The van der Waals surface area contributed by atoms with Crippen molar-refractivity contribution in [2.75, 3.05) is 11.9 Å². The lowest BCUT2D eigenvalue weighted by molar-refractivity contribution is 0.664. The van der Waals surface area contributed by atoms with Crippen LogP contribution in [0.2, 0.25) is 0 Å². The average Bonchev–Trinajstić information content (AvgIpc) is 2.80. The van der Waals surface area contributed by atoms with Gasteiger partial charge in [0.2, 0.25) is 5.16 Å². The van der Waals surface area contributed by atoms with Crippen molar-refractivity contribution in [2.24, 2.45) is 7.05 Å². The number of nitrogens with zero attached hydrogens (tertiary/aromatic N) is 5. The Morgan fingerprint density at radius 3 is 3.06 bits per heavy atom. The fraction of sp³-hybridized carbons (Fsp3) is 0.455. The van der Waals surface area contributed by atoms with Gasteiger partial charge in [-0.2, -0.15) is 0 Å². The topological polar surface area (TPSA) is 68.5 Å². The van der Waals surface area contributed by atoms with Crippen molar-refractivity contribution < 1.29 is 0 Å². The van der Waals surface area contributed by atoms with Gasteiger partial charge >= 0.3 is 0 Å². The van der Waals surface area contributed by atoms with Crippen LogP contribution in [0.1, 0.15) is 18.9 Å². The Balaban J connectivity index is 2.02. The van der Waals surface area contributed by atoms with E-state index in [0.717, 1.165) is 29.7 Å². The second-order valence-electron chi connectivity index (χ2n) is 3.81. The number of hydrogen-bond acceptors (Lipinski definition) is 6. The SMILES string of the molecule is CCCNc1ncccc1CSc1nnnn1C. The Bertz CT molecular complexity index is 498. The standard InChI is InChI=1S/C11H16N6S/c1-3-6-12-10-9(5-4-7-13-10)8-18-11-14-15-16-17(11)2/h4-5,7H,3,6,8H2,1-2H3,(H,12,13). The second-order valence-corrected chi connectivity index (χ2v) is 4.75. The molecule has 2 aromatic rings. The van der Waals surface area contributed by atoms with E-state index in [1.807, 2.05) is 13.1 Å². The van der Waals surface area contributed by atoms with E-state index >= 15 is 0 Å². The monoisotopic (exact) mass is 264 g/mol. The first kappa shape index (κ1) is 12.8. The molecule has 0 spiro atoms. The normalized spacial score (nSPS) is 10.6. The minimum Gasteiger partial charge on any atom is -0.370 e. The molecule has 0 atom stereocenters. The van der Waals surface area contributed by atoms with Gasteiger partial charge in [0.25, 0.3) is 0 Å². The summed E-state index contributed by atoms with van der Waals surface area (Å²) in [6.45, 7) is 3.07. The molecule has 0 radical (unpaired) electrons. The van der Waals surface area contributed by atoms with E-state index in [4.69, 9.17) is 0 Å². The number of tetrazole rings is 1. The Hall–Kier alpha value is -1.63. The van der Waals surface area contributed by atoms with Gasteiger partial charge < -0.3 is 5.32 Å². The maximum atomic E-state index is 4.36. The highest BCUT2D eigenvalue weighted by Gasteiger charge is 2.07. The van der Waals surface area contributed by atoms with Crippen LogP contribution >= 0.6 is 11.8 Å². The molecule has 1 N–H and O–H groups in total. The molecule has 0 unspecified atom stereocenters. The van der Waals surface area contributed by atoms with Crippen LogP contribution in [0, 0.1) is 0 Å². The number of aryl methyl sites for hydroxylation is 1. The van der Waals surface area contributed by atoms with E-state index in [1.54, 1.807) is 22.6 Å². The highest BCUT2D eigenvalue weighted by atomic mass is 32.2. The Morgan fingerprint density at radius 1 is 1.44 bits per heavy atom. The summed E-state index contributed by atoms with van der Waals surface area (Å²) in [5, 5.41) is 15.5. The first-order valence-corrected chi connectivity index (χ1v) is 6.82. The highest BCUT2D eigenvalue weighted by Crippen LogP contribution is 2.23. The molecule has 0 saturated carbocycles. The minimum atomic E-state index is 0.800. The molecule has 2 heterocycles. The molecule has 0 aliphatic heterocycles. The van der Waals surface area contributed by atoms with Crippen molar-refractivity contribution in [3.8, 4) is 0 Å². The zero-order valence-corrected chi connectivity index (χ0v) is 11.3. The fourth-order valence-corrected chi connectivity index (χ4v) is 2.28. The van der Waals surface area contributed by atoms with Crippen molar-refractivity contribution in [1.82, 2.24) is 25.2 Å². The highest BCUT2D eigenvalue weighted by molar-refractivity contribution is 7.98. The summed E-state index contributed by atoms with van der Waals surface area (Å²) < 4.78 is 1.67. The van der Waals surface area contributed by atoms with Gasteiger partial charge in [-0.15, -0.1) is 5.10 Å². The van der Waals surface area contributed by atoms with Crippen LogP contribution in [0.4, 0.5) is 5.82 Å². The van der Waals surface area contributed by atoms with E-state index in [0.29, 0.717) is 0 Å². The zero-order chi connectivity index (χ0) is 12.8. The molecule has 6 nitrogen and oxygen atoms in total. The molecule has 0 fully saturated rings. The lowest BCUT2D eigenvalue weighted by Gasteiger charge is -2.09. The number of nitrogens with one attached hydrogen (secondary N) is 1. The smallest absolute Gasteiger partial charge is 0.209 e. The van der Waals surface area contributed by atoms with Crippen LogP contribution in [0.15, 0.2) is 23.5 Å². The van der Waals surface area contributed by atoms with Gasteiger partial charge in [-0.1, -0.05) is 24.8 Å². The molecule has 0 aliphatic rings. The van der Waals surface area contributed by atoms with Crippen LogP contribution < -0.4 is 5.32 Å². The van der Waals surface area contributed by atoms with Crippen molar-refractivity contribution in [3.63, 3.8) is 0 Å². The quantitative estimate of drug-likeness (QED) is 0.801. The first-order valence-electron chi connectivity index (χ1n) is 5.84. The summed E-state index contributed by atoms with van der Waals surface area (Å²) in [4.78, 5) is 4.36. The van der Waals surface area contributed by atoms with Crippen LogP contribution in [0.5, 0.6) is 0 Å². The number of hydrogen-bond donors (Lipinski definition) is 1. The zero-order valence-electron chi connectivity index (χ0n) is 10.5. The third kappa shape index (κ3) is 3.19. The fourth-order valence-electron chi connectivity index (χ4n) is 1.44. The van der Waals surface area contributed by atoms with E-state index in [1.165, 1.54) is 5.56 Å². The summed E-state index contributed by atoms with van der Waals surface area (Å²) in [5.74, 6) is 1.75. The van der Waals surface area contributed by atoms with E-state index in [-0.39, 0.29) is 0 Å². The van der Waals surface area contributed by atoms with Crippen molar-refractivity contribution in [3.05, 3.63) is 23.9 Å². The molecular formula is C11H16N6S. The molecular weight excluding hydrogens is 248 g/mol. The van der Waals surface area contributed by atoms with Crippen LogP contribution in [0.3, 0.4) is 0 Å². The number of aromatic nitrogens is 5. The molecule has 0 bridgehead atoms. The second kappa shape index (κ2) is 6.34. The molecule has 2 aromatic heterocycles. The number of thioether (sulfide) groups is 1. The van der Waals surface area contributed by atoms with Gasteiger partial charge in [-0.25, -0.2) is 9.67 Å². The molecule has 0 amide bonds. The maximum absolute atomic E-state index is 4.36. The molecule has 7 heteroatoms. The summed E-state index contributed by atoms with van der Waals surface area (Å²) in [6.07, 6.45) is 2.88. The third-order valence-electron chi connectivity index (χ3n) is 2.37. The van der Waals surface area contributed by atoms with Crippen molar-refractivity contribution in [1.29, 1.82) is 0 Å². The molecule has 0 saturated heterocycles. The predicted octanol–water partition coefficient (Wildman–Crippen LogP) is 1.72. The summed E-state index contributed by atoms with van der Waals surface area (Å²) in [7, 11) is 1.84. The van der Waals surface area contributed by atoms with Crippen molar-refractivity contribution in [2.45, 2.75) is 24.3 Å². The van der Waals surface area contributed by atoms with Gasteiger partial charge in [0.15, 0.2) is 0 Å². The van der Waals surface area contributed by atoms with Crippen molar-refractivity contribution >= 4 is 17.6 Å². The Morgan fingerprint density at radius 2 is 2.33 bits per heavy atom. The third-order valence-corrected chi connectivity index (χ3v) is 3.43. The van der Waals surface area contributed by atoms with Crippen LogP contribution in [0.25, 0.3) is 0 Å². The van der Waals surface area contributed by atoms with E-state index in [9.17, 15) is 0 Å². The summed E-state index contributed by atoms with van der Waals surface area (Å²) in [5.41, 5.74) is 1.17. The molecule has 2 rings (SSSR count). The van der Waals surface area contributed by atoms with Gasteiger partial charge in [-0.05, 0) is 22.9 Å². The number of anilines is 1. The number of rotatable bonds is 6. The van der Waals surface area contributed by atoms with Gasteiger partial charge in [0, 0.05) is 31.1 Å². The predicted molar refractivity (Wildman–Crippen MR) is 71.4 cm³/mol. The molecule has 0 aliphatic carbocycles. The molecule has 0 aromatic carbocycles. The number of pyridine rings is 1. The lowest BCUT2D eigenvalue weighted by Crippen LogP contribution is -2.04. The molecule has 18 heavy (non-hydrogen) atoms. The first-order chi connectivity index (χ1) is 8.81. The largest absolute Gasteiger partial charge is 0.370 e. The van der Waals surface area contributed by atoms with E-state index < -0.39 is 0 Å². The Labute approximate surface area is 110 Å².